The third-order valence-electron chi connectivity index (χ3n) is 0.781. The first kappa shape index (κ1) is 6.56. The van der Waals surface area contributed by atoms with Crippen molar-refractivity contribution in [2.45, 2.75) is 26.2 Å². The van der Waals surface area contributed by atoms with Gasteiger partial charge in [0.1, 0.15) is 0 Å². The largest absolute Gasteiger partial charge is 0.120 e. The van der Waals surface area contributed by atoms with E-state index in [0.717, 1.165) is 19.3 Å². The molecule has 0 aliphatic heterocycles. The van der Waals surface area contributed by atoms with Gasteiger partial charge in [-0.15, -0.1) is 12.3 Å². The summed E-state index contributed by atoms with van der Waals surface area (Å²) in [6.07, 6.45) is 10.3. The highest BCUT2D eigenvalue weighted by Crippen LogP contribution is 1.93. The van der Waals surface area contributed by atoms with E-state index in [1.165, 1.54) is 0 Å². The van der Waals surface area contributed by atoms with Gasteiger partial charge in [-0.05, 0) is 12.8 Å². The third kappa shape index (κ3) is 5.56. The molecule has 0 nitrogen and oxygen atoms in total. The summed E-state index contributed by atoms with van der Waals surface area (Å²) in [6.45, 7) is 2.12. The summed E-state index contributed by atoms with van der Waals surface area (Å²) >= 11 is 0. The maximum Gasteiger partial charge on any atom is 0.00887 e. The van der Waals surface area contributed by atoms with Gasteiger partial charge >= 0.3 is 0 Å². The van der Waals surface area contributed by atoms with Gasteiger partial charge in [0.25, 0.3) is 0 Å². The first-order chi connectivity index (χ1) is 3.41. The van der Waals surface area contributed by atoms with Crippen molar-refractivity contribution in [1.82, 2.24) is 0 Å². The zero-order valence-electron chi connectivity index (χ0n) is 4.78. The molecule has 0 heteroatoms. The Balaban J connectivity index is 2.60. The molecule has 0 heterocycles. The molecule has 0 fully saturated rings. The minimum Gasteiger partial charge on any atom is -0.120 e. The number of terminal acetylenes is 1. The Labute approximate surface area is 45.9 Å². The van der Waals surface area contributed by atoms with Crippen LogP contribution in [0.15, 0.2) is 0 Å². The van der Waals surface area contributed by atoms with Gasteiger partial charge in [-0.2, -0.15) is 0 Å². The van der Waals surface area contributed by atoms with Gasteiger partial charge in [0.15, 0.2) is 0 Å². The van der Waals surface area contributed by atoms with Crippen molar-refractivity contribution in [2.24, 2.45) is 0 Å². The van der Waals surface area contributed by atoms with Gasteiger partial charge < -0.3 is 0 Å². The van der Waals surface area contributed by atoms with Crippen molar-refractivity contribution < 1.29 is 0 Å². The molecule has 0 spiro atoms. The van der Waals surface area contributed by atoms with Gasteiger partial charge in [-0.25, -0.2) is 0 Å². The molecule has 0 rings (SSSR count). The maximum absolute atomic E-state index is 5.00. The third-order valence-corrected chi connectivity index (χ3v) is 0.781. The SMILES string of the molecule is C#CCC[CH]CC. The lowest BCUT2D eigenvalue weighted by Crippen LogP contribution is -1.70. The molecule has 0 atom stereocenters. The Morgan fingerprint density at radius 2 is 2.43 bits per heavy atom. The van der Waals surface area contributed by atoms with Crippen LogP contribution in [0.1, 0.15) is 26.2 Å². The predicted octanol–water partition coefficient (Wildman–Crippen LogP) is 2.01. The molecule has 7 heavy (non-hydrogen) atoms. The smallest absolute Gasteiger partial charge is 0.00887 e. The van der Waals surface area contributed by atoms with Crippen LogP contribution in [0.25, 0.3) is 0 Å². The van der Waals surface area contributed by atoms with Crippen LogP contribution in [-0.4, -0.2) is 0 Å². The van der Waals surface area contributed by atoms with Gasteiger partial charge in [0.05, 0.1) is 0 Å². The summed E-state index contributed by atoms with van der Waals surface area (Å²) in [5, 5.41) is 0. The first-order valence-corrected chi connectivity index (χ1v) is 2.67. The second-order valence-corrected chi connectivity index (χ2v) is 1.44. The van der Waals surface area contributed by atoms with Gasteiger partial charge in [-0.3, -0.25) is 0 Å². The summed E-state index contributed by atoms with van der Waals surface area (Å²) in [7, 11) is 0. The van der Waals surface area contributed by atoms with Crippen molar-refractivity contribution in [1.29, 1.82) is 0 Å². The fourth-order valence-corrected chi connectivity index (χ4v) is 0.390. The van der Waals surface area contributed by atoms with Crippen molar-refractivity contribution >= 4 is 0 Å². The van der Waals surface area contributed by atoms with Crippen molar-refractivity contribution in [3.63, 3.8) is 0 Å². The number of rotatable bonds is 3. The van der Waals surface area contributed by atoms with Crippen LogP contribution in [0.4, 0.5) is 0 Å². The Kier molecular flexibility index (Phi) is 5.21. The van der Waals surface area contributed by atoms with Crippen molar-refractivity contribution in [2.75, 3.05) is 0 Å². The average Bonchev–Trinajstić information content (AvgIpc) is 1.69. The zero-order valence-corrected chi connectivity index (χ0v) is 4.78. The Bertz CT molecular complexity index is 56.9. The summed E-state index contributed by atoms with van der Waals surface area (Å²) in [6, 6.07) is 0. The number of unbranched alkanes of at least 4 members (excludes halogenated alkanes) is 3. The van der Waals surface area contributed by atoms with Crippen LogP contribution in [0, 0.1) is 18.8 Å². The molecule has 0 unspecified atom stereocenters. The molecule has 0 aliphatic rings. The molecule has 0 amide bonds. The number of hydrogen-bond acceptors (Lipinski definition) is 0. The van der Waals surface area contributed by atoms with E-state index in [9.17, 15) is 0 Å². The lowest BCUT2D eigenvalue weighted by atomic mass is 10.2. The minimum atomic E-state index is 0.897. The van der Waals surface area contributed by atoms with Crippen LogP contribution in [-0.2, 0) is 0 Å². The van der Waals surface area contributed by atoms with E-state index in [4.69, 9.17) is 6.42 Å². The molecular formula is C7H11. The lowest BCUT2D eigenvalue weighted by Gasteiger charge is -1.85. The van der Waals surface area contributed by atoms with Crippen LogP contribution in [0.2, 0.25) is 0 Å². The lowest BCUT2D eigenvalue weighted by molar-refractivity contribution is 0.916. The highest BCUT2D eigenvalue weighted by atomic mass is 13.8. The summed E-state index contributed by atoms with van der Waals surface area (Å²) in [5.74, 6) is 2.57. The minimum absolute atomic E-state index is 0.897. The van der Waals surface area contributed by atoms with E-state index >= 15 is 0 Å². The molecule has 0 aliphatic carbocycles. The quantitative estimate of drug-likeness (QED) is 0.371. The average molecular weight is 95.2 g/mol. The van der Waals surface area contributed by atoms with Crippen molar-refractivity contribution in [3.05, 3.63) is 6.42 Å². The van der Waals surface area contributed by atoms with E-state index in [0.29, 0.717) is 0 Å². The van der Waals surface area contributed by atoms with Gasteiger partial charge in [0.2, 0.25) is 0 Å². The first-order valence-electron chi connectivity index (χ1n) is 2.67. The fraction of sp³-hybridized carbons (Fsp3) is 0.571. The molecule has 0 N–H and O–H groups in total. The number of hydrogen-bond donors (Lipinski definition) is 0. The van der Waals surface area contributed by atoms with E-state index < -0.39 is 0 Å². The second-order valence-electron chi connectivity index (χ2n) is 1.44. The molecule has 0 aromatic heterocycles. The van der Waals surface area contributed by atoms with Crippen LogP contribution >= 0.6 is 0 Å². The van der Waals surface area contributed by atoms with Crippen LogP contribution in [0.5, 0.6) is 0 Å². The Morgan fingerprint density at radius 1 is 1.71 bits per heavy atom. The van der Waals surface area contributed by atoms with E-state index in [-0.39, 0.29) is 0 Å². The molecule has 0 aromatic carbocycles. The van der Waals surface area contributed by atoms with Crippen LogP contribution < -0.4 is 0 Å². The molecule has 0 saturated heterocycles. The second kappa shape index (κ2) is 5.56. The monoisotopic (exact) mass is 95.1 g/mol. The molecule has 0 bridgehead atoms. The molecular weight excluding hydrogens is 84.1 g/mol. The summed E-state index contributed by atoms with van der Waals surface area (Å²) in [5.41, 5.74) is 0. The van der Waals surface area contributed by atoms with E-state index in [2.05, 4.69) is 19.3 Å². The van der Waals surface area contributed by atoms with Gasteiger partial charge in [-0.1, -0.05) is 13.3 Å². The standard InChI is InChI=1S/C7H11/c1-3-5-7-6-4-2/h1,6H,4-5,7H2,2H3. The zero-order chi connectivity index (χ0) is 5.54. The molecule has 0 aromatic rings. The molecule has 0 saturated carbocycles. The van der Waals surface area contributed by atoms with E-state index in [1.54, 1.807) is 0 Å². The molecule has 39 valence electrons. The van der Waals surface area contributed by atoms with Gasteiger partial charge in [0, 0.05) is 6.42 Å². The summed E-state index contributed by atoms with van der Waals surface area (Å²) in [4.78, 5) is 0. The Hall–Kier alpha value is -0.440. The Morgan fingerprint density at radius 3 is 2.86 bits per heavy atom. The van der Waals surface area contributed by atoms with E-state index in [1.807, 2.05) is 0 Å². The summed E-state index contributed by atoms with van der Waals surface area (Å²) < 4.78 is 0. The molecule has 1 radical (unpaired) electrons. The predicted molar refractivity (Wildman–Crippen MR) is 32.7 cm³/mol. The fourth-order valence-electron chi connectivity index (χ4n) is 0.390. The van der Waals surface area contributed by atoms with Crippen molar-refractivity contribution in [3.8, 4) is 12.3 Å². The maximum atomic E-state index is 5.00. The van der Waals surface area contributed by atoms with Crippen LogP contribution in [0.3, 0.4) is 0 Å². The topological polar surface area (TPSA) is 0 Å². The highest BCUT2D eigenvalue weighted by molar-refractivity contribution is 4.85. The normalized spacial score (nSPS) is 8.00. The highest BCUT2D eigenvalue weighted by Gasteiger charge is 1.78.